The molecule has 0 radical (unpaired) electrons. The van der Waals surface area contributed by atoms with E-state index in [4.69, 9.17) is 17.3 Å². The zero-order chi connectivity index (χ0) is 9.84. The minimum atomic E-state index is -0.332. The highest BCUT2D eigenvalue weighted by molar-refractivity contribution is 7.14. The third-order valence-corrected chi connectivity index (χ3v) is 2.36. The third kappa shape index (κ3) is 3.61. The van der Waals surface area contributed by atoms with E-state index in [9.17, 15) is 4.79 Å². The first-order valence-electron chi connectivity index (χ1n) is 3.74. The summed E-state index contributed by atoms with van der Waals surface area (Å²) in [5.74, 6) is 0.352. The zero-order valence-corrected chi connectivity index (χ0v) is 8.65. The molecule has 0 bridgehead atoms. The molecule has 3 N–H and O–H groups in total. The van der Waals surface area contributed by atoms with Crippen molar-refractivity contribution in [2.24, 2.45) is 5.73 Å². The highest BCUT2D eigenvalue weighted by Crippen LogP contribution is 2.19. The van der Waals surface area contributed by atoms with E-state index in [2.05, 4.69) is 10.3 Å². The lowest BCUT2D eigenvalue weighted by Crippen LogP contribution is -2.24. The van der Waals surface area contributed by atoms with Crippen LogP contribution in [0.15, 0.2) is 5.38 Å². The number of primary amides is 1. The van der Waals surface area contributed by atoms with Crippen LogP contribution in [0, 0.1) is 0 Å². The molecule has 1 unspecified atom stereocenters. The molecule has 1 aromatic rings. The SMILES string of the molecule is CC(CC(N)=O)Nc1csc(Cl)n1. The molecule has 0 saturated carbocycles. The Labute approximate surface area is 85.1 Å². The normalized spacial score (nSPS) is 12.5. The van der Waals surface area contributed by atoms with Gasteiger partial charge >= 0.3 is 0 Å². The quantitative estimate of drug-likeness (QED) is 0.806. The molecule has 1 aromatic heterocycles. The van der Waals surface area contributed by atoms with Crippen molar-refractivity contribution in [2.45, 2.75) is 19.4 Å². The molecule has 0 saturated heterocycles. The van der Waals surface area contributed by atoms with Crippen molar-refractivity contribution < 1.29 is 4.79 Å². The molecule has 6 heteroatoms. The van der Waals surface area contributed by atoms with Gasteiger partial charge in [-0.3, -0.25) is 4.79 Å². The number of carbonyl (C=O) groups is 1. The van der Waals surface area contributed by atoms with E-state index < -0.39 is 0 Å². The van der Waals surface area contributed by atoms with Crippen LogP contribution < -0.4 is 11.1 Å². The standard InChI is InChI=1S/C7H10ClN3OS/c1-4(2-5(9)12)10-6-3-13-7(8)11-6/h3-4,10H,2H2,1H3,(H2,9,12). The maximum atomic E-state index is 10.5. The summed E-state index contributed by atoms with van der Waals surface area (Å²) in [6.07, 6.45) is 0.287. The Balaban J connectivity index is 2.44. The van der Waals surface area contributed by atoms with Crippen molar-refractivity contribution in [1.29, 1.82) is 0 Å². The third-order valence-electron chi connectivity index (χ3n) is 1.38. The largest absolute Gasteiger partial charge is 0.370 e. The number of nitrogens with one attached hydrogen (secondary N) is 1. The average Bonchev–Trinajstić information content (AvgIpc) is 2.33. The van der Waals surface area contributed by atoms with E-state index in [1.165, 1.54) is 11.3 Å². The molecule has 1 heterocycles. The van der Waals surface area contributed by atoms with Crippen LogP contribution in [0.1, 0.15) is 13.3 Å². The van der Waals surface area contributed by atoms with E-state index in [-0.39, 0.29) is 18.4 Å². The minimum absolute atomic E-state index is 0.0179. The number of nitrogens with zero attached hydrogens (tertiary/aromatic N) is 1. The van der Waals surface area contributed by atoms with Gasteiger partial charge in [-0.15, -0.1) is 11.3 Å². The highest BCUT2D eigenvalue weighted by atomic mass is 35.5. The topological polar surface area (TPSA) is 68.0 Å². The summed E-state index contributed by atoms with van der Waals surface area (Å²) in [6.45, 7) is 1.86. The Kier molecular flexibility index (Phi) is 3.50. The number of amides is 1. The summed E-state index contributed by atoms with van der Waals surface area (Å²) < 4.78 is 0.480. The molecule has 1 rings (SSSR count). The summed E-state index contributed by atoms with van der Waals surface area (Å²) >= 11 is 6.97. The van der Waals surface area contributed by atoms with E-state index in [0.29, 0.717) is 10.3 Å². The number of halogens is 1. The molecule has 1 amide bonds. The van der Waals surface area contributed by atoms with E-state index in [0.717, 1.165) is 0 Å². The Hall–Kier alpha value is -0.810. The van der Waals surface area contributed by atoms with Crippen molar-refractivity contribution in [2.75, 3.05) is 5.32 Å². The Morgan fingerprint density at radius 2 is 2.62 bits per heavy atom. The van der Waals surface area contributed by atoms with Crippen molar-refractivity contribution >= 4 is 34.7 Å². The second-order valence-electron chi connectivity index (χ2n) is 2.70. The van der Waals surface area contributed by atoms with Crippen LogP contribution in [0.2, 0.25) is 4.47 Å². The summed E-state index contributed by atoms with van der Waals surface area (Å²) in [7, 11) is 0. The summed E-state index contributed by atoms with van der Waals surface area (Å²) in [5.41, 5.74) is 5.03. The van der Waals surface area contributed by atoms with Gasteiger partial charge in [0.2, 0.25) is 5.91 Å². The van der Waals surface area contributed by atoms with Crippen LogP contribution in [0.25, 0.3) is 0 Å². The van der Waals surface area contributed by atoms with E-state index >= 15 is 0 Å². The highest BCUT2D eigenvalue weighted by Gasteiger charge is 2.07. The monoisotopic (exact) mass is 219 g/mol. The Morgan fingerprint density at radius 1 is 1.92 bits per heavy atom. The lowest BCUT2D eigenvalue weighted by atomic mass is 10.2. The van der Waals surface area contributed by atoms with Crippen LogP contribution in [-0.2, 0) is 4.79 Å². The number of anilines is 1. The number of hydrogen-bond acceptors (Lipinski definition) is 4. The maximum Gasteiger partial charge on any atom is 0.219 e. The first-order chi connectivity index (χ1) is 6.08. The van der Waals surface area contributed by atoms with Gasteiger partial charge in [0.1, 0.15) is 5.82 Å². The second kappa shape index (κ2) is 4.43. The molecule has 0 aliphatic rings. The van der Waals surface area contributed by atoms with Crippen LogP contribution in [0.5, 0.6) is 0 Å². The molecule has 1 atom stereocenters. The molecule has 4 nitrogen and oxygen atoms in total. The van der Waals surface area contributed by atoms with Crippen LogP contribution in [0.3, 0.4) is 0 Å². The molecule has 72 valence electrons. The molecule has 0 aromatic carbocycles. The number of nitrogens with two attached hydrogens (primary N) is 1. The van der Waals surface area contributed by atoms with Crippen molar-refractivity contribution in [3.8, 4) is 0 Å². The first-order valence-corrected chi connectivity index (χ1v) is 4.99. The smallest absolute Gasteiger partial charge is 0.219 e. The lowest BCUT2D eigenvalue weighted by molar-refractivity contribution is -0.118. The van der Waals surface area contributed by atoms with Gasteiger partial charge < -0.3 is 11.1 Å². The molecular weight excluding hydrogens is 210 g/mol. The van der Waals surface area contributed by atoms with E-state index in [1.807, 2.05) is 6.92 Å². The van der Waals surface area contributed by atoms with Crippen LogP contribution in [-0.4, -0.2) is 16.9 Å². The Bertz CT molecular complexity index is 302. The Morgan fingerprint density at radius 3 is 3.08 bits per heavy atom. The van der Waals surface area contributed by atoms with Gasteiger partial charge in [-0.1, -0.05) is 11.6 Å². The van der Waals surface area contributed by atoms with Gasteiger partial charge in [-0.05, 0) is 6.92 Å². The van der Waals surface area contributed by atoms with Gasteiger partial charge in [0, 0.05) is 17.8 Å². The van der Waals surface area contributed by atoms with Gasteiger partial charge in [0.15, 0.2) is 4.47 Å². The number of aromatic nitrogens is 1. The number of rotatable bonds is 4. The predicted molar refractivity (Wildman–Crippen MR) is 54.0 cm³/mol. The number of hydrogen-bond donors (Lipinski definition) is 2. The fraction of sp³-hybridized carbons (Fsp3) is 0.429. The molecule has 0 spiro atoms. The molecular formula is C7H10ClN3OS. The second-order valence-corrected chi connectivity index (χ2v) is 4.14. The van der Waals surface area contributed by atoms with Crippen molar-refractivity contribution in [3.63, 3.8) is 0 Å². The molecule has 13 heavy (non-hydrogen) atoms. The minimum Gasteiger partial charge on any atom is -0.370 e. The van der Waals surface area contributed by atoms with Crippen LogP contribution >= 0.6 is 22.9 Å². The van der Waals surface area contributed by atoms with Crippen molar-refractivity contribution in [3.05, 3.63) is 9.85 Å². The van der Waals surface area contributed by atoms with E-state index in [1.54, 1.807) is 5.38 Å². The van der Waals surface area contributed by atoms with Gasteiger partial charge in [0.05, 0.1) is 0 Å². The number of thiazole rings is 1. The molecule has 0 fully saturated rings. The number of carbonyl (C=O) groups excluding carboxylic acids is 1. The maximum absolute atomic E-state index is 10.5. The van der Waals surface area contributed by atoms with Gasteiger partial charge in [-0.2, -0.15) is 0 Å². The molecule has 0 aliphatic heterocycles. The fourth-order valence-corrected chi connectivity index (χ4v) is 1.63. The predicted octanol–water partition coefficient (Wildman–Crippen LogP) is 1.47. The van der Waals surface area contributed by atoms with Crippen LogP contribution in [0.4, 0.5) is 5.82 Å². The summed E-state index contributed by atoms with van der Waals surface area (Å²) in [4.78, 5) is 14.5. The zero-order valence-electron chi connectivity index (χ0n) is 7.08. The molecule has 0 aliphatic carbocycles. The van der Waals surface area contributed by atoms with Gasteiger partial charge in [0.25, 0.3) is 0 Å². The summed E-state index contributed by atoms with van der Waals surface area (Å²) in [6, 6.07) is -0.0179. The first kappa shape index (κ1) is 10.3. The summed E-state index contributed by atoms with van der Waals surface area (Å²) in [5, 5.41) is 4.80. The van der Waals surface area contributed by atoms with Crippen molar-refractivity contribution in [1.82, 2.24) is 4.98 Å². The average molecular weight is 220 g/mol. The fourth-order valence-electron chi connectivity index (χ4n) is 0.923. The lowest BCUT2D eigenvalue weighted by Gasteiger charge is -2.09. The van der Waals surface area contributed by atoms with Gasteiger partial charge in [-0.25, -0.2) is 4.98 Å².